The van der Waals surface area contributed by atoms with Gasteiger partial charge in [-0.05, 0) is 19.3 Å². The number of hydrogen-bond acceptors (Lipinski definition) is 3. The van der Waals surface area contributed by atoms with E-state index in [1.807, 2.05) is 0 Å². The third-order valence-electron chi connectivity index (χ3n) is 4.76. The lowest BCUT2D eigenvalue weighted by Crippen LogP contribution is -2.03. The summed E-state index contributed by atoms with van der Waals surface area (Å²) < 4.78 is 10.7. The molecular weight excluding hydrogens is 300 g/mol. The Morgan fingerprint density at radius 1 is 0.917 bits per heavy atom. The fraction of sp³-hybridized carbons (Fsp3) is 0.857. The van der Waals surface area contributed by atoms with Crippen LogP contribution in [-0.4, -0.2) is 24.8 Å². The van der Waals surface area contributed by atoms with E-state index in [0.717, 1.165) is 12.8 Å². The van der Waals surface area contributed by atoms with E-state index in [9.17, 15) is 4.79 Å². The number of hydrogen-bond donors (Lipinski definition) is 0. The highest BCUT2D eigenvalue weighted by atomic mass is 16.6. The number of carbonyl (C=O) groups excluding carboxylic acids is 1. The molecule has 1 rings (SSSR count). The van der Waals surface area contributed by atoms with Crippen molar-refractivity contribution in [3.8, 4) is 0 Å². The van der Waals surface area contributed by atoms with Crippen molar-refractivity contribution >= 4 is 5.97 Å². The van der Waals surface area contributed by atoms with Crippen molar-refractivity contribution in [3.05, 3.63) is 12.7 Å². The highest BCUT2D eigenvalue weighted by Crippen LogP contribution is 2.31. The summed E-state index contributed by atoms with van der Waals surface area (Å²) >= 11 is 0. The van der Waals surface area contributed by atoms with Crippen molar-refractivity contribution in [2.24, 2.45) is 0 Å². The summed E-state index contributed by atoms with van der Waals surface area (Å²) in [6, 6.07) is 0. The van der Waals surface area contributed by atoms with Crippen molar-refractivity contribution in [2.75, 3.05) is 6.61 Å². The van der Waals surface area contributed by atoms with E-state index < -0.39 is 0 Å². The van der Waals surface area contributed by atoms with Crippen molar-refractivity contribution in [1.82, 2.24) is 0 Å². The van der Waals surface area contributed by atoms with Crippen LogP contribution in [-0.2, 0) is 14.3 Å². The van der Waals surface area contributed by atoms with Gasteiger partial charge in [0.05, 0.1) is 12.2 Å². The molecule has 3 heteroatoms. The summed E-state index contributed by atoms with van der Waals surface area (Å²) in [7, 11) is 0. The van der Waals surface area contributed by atoms with Gasteiger partial charge in [-0.2, -0.15) is 0 Å². The normalized spacial score (nSPS) is 19.2. The Hall–Kier alpha value is -0.830. The SMILES string of the molecule is C=CCOC(=O)CCCCCCC[C@H]1O[C@H]1CCCCCCCC. The number of esters is 1. The number of carbonyl (C=O) groups is 1. The van der Waals surface area contributed by atoms with Gasteiger partial charge in [-0.15, -0.1) is 0 Å². The van der Waals surface area contributed by atoms with E-state index in [-0.39, 0.29) is 5.97 Å². The van der Waals surface area contributed by atoms with E-state index in [1.165, 1.54) is 70.6 Å². The predicted molar refractivity (Wildman–Crippen MR) is 100 cm³/mol. The van der Waals surface area contributed by atoms with Crippen LogP contribution >= 0.6 is 0 Å². The fourth-order valence-electron chi connectivity index (χ4n) is 3.18. The van der Waals surface area contributed by atoms with Crippen molar-refractivity contribution < 1.29 is 14.3 Å². The van der Waals surface area contributed by atoms with Gasteiger partial charge in [-0.3, -0.25) is 4.79 Å². The quantitative estimate of drug-likeness (QED) is 0.142. The molecule has 1 saturated heterocycles. The molecule has 0 saturated carbocycles. The lowest BCUT2D eigenvalue weighted by molar-refractivity contribution is -0.142. The maximum Gasteiger partial charge on any atom is 0.306 e. The molecule has 3 nitrogen and oxygen atoms in total. The molecule has 0 spiro atoms. The Morgan fingerprint density at radius 3 is 2.04 bits per heavy atom. The minimum atomic E-state index is -0.0983. The highest BCUT2D eigenvalue weighted by molar-refractivity contribution is 5.69. The first-order valence-corrected chi connectivity index (χ1v) is 10.2. The van der Waals surface area contributed by atoms with Gasteiger partial charge in [0.1, 0.15) is 6.61 Å². The Labute approximate surface area is 149 Å². The molecule has 0 aromatic rings. The van der Waals surface area contributed by atoms with Gasteiger partial charge in [-0.1, -0.05) is 83.8 Å². The van der Waals surface area contributed by atoms with Gasteiger partial charge in [0, 0.05) is 6.42 Å². The van der Waals surface area contributed by atoms with Crippen LogP contribution < -0.4 is 0 Å². The van der Waals surface area contributed by atoms with Crippen molar-refractivity contribution in [3.63, 3.8) is 0 Å². The largest absolute Gasteiger partial charge is 0.461 e. The van der Waals surface area contributed by atoms with Crippen LogP contribution in [0.2, 0.25) is 0 Å². The molecule has 1 aliphatic heterocycles. The maximum atomic E-state index is 11.3. The molecule has 1 heterocycles. The molecule has 140 valence electrons. The Balaban J connectivity index is 1.78. The maximum absolute atomic E-state index is 11.3. The molecule has 0 unspecified atom stereocenters. The van der Waals surface area contributed by atoms with Gasteiger partial charge < -0.3 is 9.47 Å². The van der Waals surface area contributed by atoms with Crippen LogP contribution in [0, 0.1) is 0 Å². The second kappa shape index (κ2) is 14.5. The van der Waals surface area contributed by atoms with Gasteiger partial charge >= 0.3 is 5.97 Å². The first-order valence-electron chi connectivity index (χ1n) is 10.2. The number of unbranched alkanes of at least 4 members (excludes halogenated alkanes) is 9. The Morgan fingerprint density at radius 2 is 1.46 bits per heavy atom. The highest BCUT2D eigenvalue weighted by Gasteiger charge is 2.36. The van der Waals surface area contributed by atoms with E-state index in [2.05, 4.69) is 13.5 Å². The monoisotopic (exact) mass is 338 g/mol. The Kier molecular flexibility index (Phi) is 12.8. The van der Waals surface area contributed by atoms with E-state index >= 15 is 0 Å². The van der Waals surface area contributed by atoms with Gasteiger partial charge in [0.2, 0.25) is 0 Å². The molecule has 1 fully saturated rings. The molecule has 1 aliphatic rings. The second-order valence-electron chi connectivity index (χ2n) is 7.05. The van der Waals surface area contributed by atoms with Gasteiger partial charge in [-0.25, -0.2) is 0 Å². The van der Waals surface area contributed by atoms with E-state index in [0.29, 0.717) is 25.2 Å². The minimum Gasteiger partial charge on any atom is -0.461 e. The predicted octanol–water partition coefficient (Wildman–Crippen LogP) is 5.96. The topological polar surface area (TPSA) is 38.8 Å². The molecular formula is C21H38O3. The average molecular weight is 339 g/mol. The first-order chi connectivity index (χ1) is 11.8. The standard InChI is InChI=1S/C21H38O3/c1-3-5-6-7-9-12-15-19-20(24-19)16-13-10-8-11-14-17-21(22)23-18-4-2/h4,19-20H,2-3,5-18H2,1H3/t19-,20+/m0/s1. The summed E-state index contributed by atoms with van der Waals surface area (Å²) in [5, 5.41) is 0. The number of epoxide rings is 1. The zero-order chi connectivity index (χ0) is 17.5. The zero-order valence-corrected chi connectivity index (χ0v) is 15.8. The summed E-state index contributed by atoms with van der Waals surface area (Å²) in [6.45, 7) is 6.13. The lowest BCUT2D eigenvalue weighted by atomic mass is 10.0. The minimum absolute atomic E-state index is 0.0983. The van der Waals surface area contributed by atoms with Gasteiger partial charge in [0.15, 0.2) is 0 Å². The smallest absolute Gasteiger partial charge is 0.306 e. The van der Waals surface area contributed by atoms with Crippen LogP contribution in [0.25, 0.3) is 0 Å². The second-order valence-corrected chi connectivity index (χ2v) is 7.05. The molecule has 24 heavy (non-hydrogen) atoms. The van der Waals surface area contributed by atoms with Crippen molar-refractivity contribution in [2.45, 2.75) is 109 Å². The molecule has 2 atom stereocenters. The molecule has 0 N–H and O–H groups in total. The Bertz CT molecular complexity index is 327. The number of rotatable bonds is 17. The van der Waals surface area contributed by atoms with Crippen molar-refractivity contribution in [1.29, 1.82) is 0 Å². The summed E-state index contributed by atoms with van der Waals surface area (Å²) in [6.07, 6.45) is 19.8. The summed E-state index contributed by atoms with van der Waals surface area (Å²) in [5.74, 6) is -0.0983. The zero-order valence-electron chi connectivity index (χ0n) is 15.8. The molecule has 0 amide bonds. The fourth-order valence-corrected chi connectivity index (χ4v) is 3.18. The van der Waals surface area contributed by atoms with Crippen LogP contribution in [0.4, 0.5) is 0 Å². The van der Waals surface area contributed by atoms with Gasteiger partial charge in [0.25, 0.3) is 0 Å². The van der Waals surface area contributed by atoms with E-state index in [1.54, 1.807) is 6.08 Å². The number of ether oxygens (including phenoxy) is 2. The third kappa shape index (κ3) is 11.7. The average Bonchev–Trinajstić information content (AvgIpc) is 3.33. The molecule has 0 radical (unpaired) electrons. The summed E-state index contributed by atoms with van der Waals surface area (Å²) in [5.41, 5.74) is 0. The summed E-state index contributed by atoms with van der Waals surface area (Å²) in [4.78, 5) is 11.3. The van der Waals surface area contributed by atoms with Crippen LogP contribution in [0.3, 0.4) is 0 Å². The molecule has 0 aliphatic carbocycles. The van der Waals surface area contributed by atoms with Crippen LogP contribution in [0.1, 0.15) is 96.8 Å². The van der Waals surface area contributed by atoms with Crippen LogP contribution in [0.15, 0.2) is 12.7 Å². The molecule has 0 bridgehead atoms. The molecule has 0 aromatic heterocycles. The lowest BCUT2D eigenvalue weighted by Gasteiger charge is -2.02. The van der Waals surface area contributed by atoms with E-state index in [4.69, 9.17) is 9.47 Å². The first kappa shape index (κ1) is 21.2. The van der Waals surface area contributed by atoms with Crippen LogP contribution in [0.5, 0.6) is 0 Å². The third-order valence-corrected chi connectivity index (χ3v) is 4.76. The molecule has 0 aromatic carbocycles.